The first-order chi connectivity index (χ1) is 8.20. The van der Waals surface area contributed by atoms with Crippen molar-refractivity contribution >= 4 is 23.0 Å². The number of H-pyrrole nitrogens is 1. The zero-order valence-corrected chi connectivity index (χ0v) is 11.0. The number of anilines is 2. The second-order valence-electron chi connectivity index (χ2n) is 4.09. The van der Waals surface area contributed by atoms with E-state index >= 15 is 0 Å². The zero-order chi connectivity index (χ0) is 12.3. The summed E-state index contributed by atoms with van der Waals surface area (Å²) in [6, 6.07) is 4.52. The predicted octanol–water partition coefficient (Wildman–Crippen LogP) is 3.32. The Labute approximate surface area is 105 Å². The Kier molecular flexibility index (Phi) is 3.68. The van der Waals surface area contributed by atoms with Crippen LogP contribution < -0.4 is 11.1 Å². The minimum atomic E-state index is 0.296. The minimum Gasteiger partial charge on any atom is -0.382 e. The number of nitrogens with zero attached hydrogens (tertiary/aromatic N) is 1. The summed E-state index contributed by atoms with van der Waals surface area (Å²) in [5.74, 6) is 2.21. The van der Waals surface area contributed by atoms with E-state index in [9.17, 15) is 0 Å². The third-order valence-electron chi connectivity index (χ3n) is 2.63. The van der Waals surface area contributed by atoms with Crippen LogP contribution in [0.3, 0.4) is 0 Å². The first kappa shape index (κ1) is 12.0. The van der Waals surface area contributed by atoms with E-state index in [-0.39, 0.29) is 0 Å². The molecule has 0 saturated heterocycles. The van der Waals surface area contributed by atoms with Crippen molar-refractivity contribution in [2.45, 2.75) is 32.7 Å². The average Bonchev–Trinajstić information content (AvgIpc) is 2.88. The van der Waals surface area contributed by atoms with Crippen LogP contribution in [0, 0.1) is 6.92 Å². The van der Waals surface area contributed by atoms with E-state index in [1.54, 1.807) is 11.3 Å². The second-order valence-corrected chi connectivity index (χ2v) is 5.06. The molecular formula is C12H18N4S. The van der Waals surface area contributed by atoms with Crippen LogP contribution >= 0.6 is 11.3 Å². The summed E-state index contributed by atoms with van der Waals surface area (Å²) in [6.07, 6.45) is 2.20. The van der Waals surface area contributed by atoms with Crippen LogP contribution in [-0.4, -0.2) is 9.97 Å². The van der Waals surface area contributed by atoms with Crippen LogP contribution in [-0.2, 0) is 0 Å². The van der Waals surface area contributed by atoms with Crippen molar-refractivity contribution < 1.29 is 0 Å². The van der Waals surface area contributed by atoms with Gasteiger partial charge >= 0.3 is 0 Å². The number of rotatable bonds is 5. The van der Waals surface area contributed by atoms with Crippen molar-refractivity contribution in [3.05, 3.63) is 28.2 Å². The maximum atomic E-state index is 5.86. The Morgan fingerprint density at radius 3 is 2.94 bits per heavy atom. The van der Waals surface area contributed by atoms with Gasteiger partial charge in [0, 0.05) is 4.88 Å². The van der Waals surface area contributed by atoms with Gasteiger partial charge in [-0.15, -0.1) is 11.3 Å². The molecule has 0 radical (unpaired) electrons. The number of aromatic amines is 1. The van der Waals surface area contributed by atoms with Gasteiger partial charge in [-0.25, -0.2) is 4.98 Å². The maximum absolute atomic E-state index is 5.86. The lowest BCUT2D eigenvalue weighted by Crippen LogP contribution is -2.10. The molecule has 0 aliphatic carbocycles. The summed E-state index contributed by atoms with van der Waals surface area (Å²) in [6.45, 7) is 4.09. The molecule has 4 nitrogen and oxygen atoms in total. The Hall–Kier alpha value is -1.49. The normalized spacial score (nSPS) is 12.6. The molecular weight excluding hydrogens is 232 g/mol. The number of aryl methyl sites for hydroxylation is 1. The van der Waals surface area contributed by atoms with Gasteiger partial charge in [-0.3, -0.25) is 0 Å². The number of thiophene rings is 1. The lowest BCUT2D eigenvalue weighted by atomic mass is 10.1. The minimum absolute atomic E-state index is 0.296. The fourth-order valence-corrected chi connectivity index (χ4v) is 2.66. The van der Waals surface area contributed by atoms with Gasteiger partial charge in [0.1, 0.15) is 11.6 Å². The highest BCUT2D eigenvalue weighted by molar-refractivity contribution is 7.10. The van der Waals surface area contributed by atoms with Gasteiger partial charge in [-0.2, -0.15) is 0 Å². The van der Waals surface area contributed by atoms with Crippen molar-refractivity contribution in [2.75, 3.05) is 11.1 Å². The van der Waals surface area contributed by atoms with Crippen molar-refractivity contribution in [2.24, 2.45) is 0 Å². The smallest absolute Gasteiger partial charge is 0.169 e. The van der Waals surface area contributed by atoms with Crippen LogP contribution in [0.25, 0.3) is 0 Å². The first-order valence-electron chi connectivity index (χ1n) is 5.82. The Balaban J connectivity index is 2.15. The number of nitrogens with two attached hydrogens (primary N) is 1. The quantitative estimate of drug-likeness (QED) is 0.762. The summed E-state index contributed by atoms with van der Waals surface area (Å²) in [5, 5.41) is 5.51. The topological polar surface area (TPSA) is 66.7 Å². The summed E-state index contributed by atoms with van der Waals surface area (Å²) < 4.78 is 0. The van der Waals surface area contributed by atoms with Gasteiger partial charge in [0.15, 0.2) is 5.82 Å². The Bertz CT molecular complexity index is 461. The monoisotopic (exact) mass is 250 g/mol. The third-order valence-corrected chi connectivity index (χ3v) is 3.61. The fourth-order valence-electron chi connectivity index (χ4n) is 1.85. The number of hydrogen-bond donors (Lipinski definition) is 3. The van der Waals surface area contributed by atoms with E-state index < -0.39 is 0 Å². The second kappa shape index (κ2) is 5.23. The van der Waals surface area contributed by atoms with E-state index in [1.807, 2.05) is 6.92 Å². The summed E-state index contributed by atoms with van der Waals surface area (Å²) >= 11 is 1.76. The van der Waals surface area contributed by atoms with Crippen molar-refractivity contribution in [3.63, 3.8) is 0 Å². The number of nitrogens with one attached hydrogen (secondary N) is 2. The van der Waals surface area contributed by atoms with Gasteiger partial charge in [-0.05, 0) is 24.8 Å². The number of aromatic nitrogens is 2. The third kappa shape index (κ3) is 2.79. The van der Waals surface area contributed by atoms with Gasteiger partial charge in [0.2, 0.25) is 0 Å². The fraction of sp³-hybridized carbons (Fsp3) is 0.417. The van der Waals surface area contributed by atoms with Crippen LogP contribution in [0.4, 0.5) is 11.6 Å². The highest BCUT2D eigenvalue weighted by Crippen LogP contribution is 2.28. The SMILES string of the molecule is CCCC(Nc1nc(C)[nH]c1N)c1cccs1. The average molecular weight is 250 g/mol. The van der Waals surface area contributed by atoms with E-state index in [0.717, 1.165) is 24.5 Å². The zero-order valence-electron chi connectivity index (χ0n) is 10.2. The van der Waals surface area contributed by atoms with Crippen molar-refractivity contribution in [1.82, 2.24) is 9.97 Å². The van der Waals surface area contributed by atoms with Gasteiger partial charge in [0.25, 0.3) is 0 Å². The Morgan fingerprint density at radius 2 is 2.41 bits per heavy atom. The van der Waals surface area contributed by atoms with Crippen LogP contribution in [0.2, 0.25) is 0 Å². The van der Waals surface area contributed by atoms with Crippen molar-refractivity contribution in [1.29, 1.82) is 0 Å². The molecule has 1 atom stereocenters. The molecule has 0 aromatic carbocycles. The van der Waals surface area contributed by atoms with E-state index in [4.69, 9.17) is 5.73 Å². The summed E-state index contributed by atoms with van der Waals surface area (Å²) in [7, 11) is 0. The molecule has 0 aliphatic heterocycles. The molecule has 2 heterocycles. The molecule has 2 aromatic rings. The lowest BCUT2D eigenvalue weighted by Gasteiger charge is -2.16. The molecule has 0 saturated carbocycles. The van der Waals surface area contributed by atoms with Gasteiger partial charge in [0.05, 0.1) is 6.04 Å². The largest absolute Gasteiger partial charge is 0.382 e. The van der Waals surface area contributed by atoms with Gasteiger partial charge < -0.3 is 16.0 Å². The number of nitrogen functional groups attached to an aromatic ring is 1. The lowest BCUT2D eigenvalue weighted by molar-refractivity contribution is 0.685. The summed E-state index contributed by atoms with van der Waals surface area (Å²) in [4.78, 5) is 8.69. The molecule has 0 aliphatic rings. The van der Waals surface area contributed by atoms with E-state index in [1.165, 1.54) is 4.88 Å². The number of imidazole rings is 1. The molecule has 2 rings (SSSR count). The van der Waals surface area contributed by atoms with Crippen LogP contribution in [0.1, 0.15) is 36.5 Å². The molecule has 92 valence electrons. The van der Waals surface area contributed by atoms with Crippen LogP contribution in [0.15, 0.2) is 17.5 Å². The molecule has 5 heteroatoms. The highest BCUT2D eigenvalue weighted by atomic mass is 32.1. The molecule has 4 N–H and O–H groups in total. The molecule has 0 bridgehead atoms. The Morgan fingerprint density at radius 1 is 1.59 bits per heavy atom. The molecule has 2 aromatic heterocycles. The number of hydrogen-bond acceptors (Lipinski definition) is 4. The molecule has 0 amide bonds. The molecule has 0 spiro atoms. The van der Waals surface area contributed by atoms with Crippen molar-refractivity contribution in [3.8, 4) is 0 Å². The highest BCUT2D eigenvalue weighted by Gasteiger charge is 2.14. The van der Waals surface area contributed by atoms with Crippen LogP contribution in [0.5, 0.6) is 0 Å². The van der Waals surface area contributed by atoms with E-state index in [2.05, 4.69) is 39.7 Å². The molecule has 1 unspecified atom stereocenters. The summed E-state index contributed by atoms with van der Waals surface area (Å²) in [5.41, 5.74) is 5.86. The molecule has 17 heavy (non-hydrogen) atoms. The standard InChI is InChI=1S/C12H18N4S/c1-3-5-9(10-6-4-7-17-10)16-12-11(13)14-8(2)15-12/h4,6-7,9,16H,3,5,13H2,1-2H3,(H,14,15). The first-order valence-corrected chi connectivity index (χ1v) is 6.70. The van der Waals surface area contributed by atoms with E-state index in [0.29, 0.717) is 11.9 Å². The van der Waals surface area contributed by atoms with Gasteiger partial charge in [-0.1, -0.05) is 19.4 Å². The predicted molar refractivity (Wildman–Crippen MR) is 73.3 cm³/mol. The maximum Gasteiger partial charge on any atom is 0.169 e. The molecule has 0 fully saturated rings.